The van der Waals surface area contributed by atoms with Crippen LogP contribution in [0.25, 0.3) is 0 Å². The van der Waals surface area contributed by atoms with Gasteiger partial charge in [-0.2, -0.15) is 0 Å². The van der Waals surface area contributed by atoms with Crippen LogP contribution < -0.4 is 5.32 Å². The molecule has 0 radical (unpaired) electrons. The zero-order valence-corrected chi connectivity index (χ0v) is 14.6. The molecule has 0 bridgehead atoms. The lowest BCUT2D eigenvalue weighted by atomic mass is 9.84. The Morgan fingerprint density at radius 1 is 1.23 bits per heavy atom. The molecule has 0 aliphatic heterocycles. The quantitative estimate of drug-likeness (QED) is 0.412. The number of hydroxylamine groups is 2. The Morgan fingerprint density at radius 2 is 1.73 bits per heavy atom. The third-order valence-electron chi connectivity index (χ3n) is 3.49. The summed E-state index contributed by atoms with van der Waals surface area (Å²) in [6, 6.07) is -0.681. The Kier molecular flexibility index (Phi) is 7.52. The van der Waals surface area contributed by atoms with Gasteiger partial charge in [0.1, 0.15) is 6.04 Å². The van der Waals surface area contributed by atoms with E-state index in [1.54, 1.807) is 14.1 Å². The fourth-order valence-electron chi connectivity index (χ4n) is 2.00. The molecular formula is C15H29N3O4. The Balaban J connectivity index is 5.21. The summed E-state index contributed by atoms with van der Waals surface area (Å²) in [7, 11) is 3.27. The minimum Gasteiger partial charge on any atom is -0.347 e. The van der Waals surface area contributed by atoms with Gasteiger partial charge < -0.3 is 10.2 Å². The van der Waals surface area contributed by atoms with Crippen LogP contribution >= 0.6 is 0 Å². The SMILES string of the molecule is CC(C)[C@H](CN(O)C=O)C(=O)N[C@H](C(=O)N(C)C)C(C)(C)C. The molecule has 2 atom stereocenters. The molecule has 22 heavy (non-hydrogen) atoms. The molecule has 2 N–H and O–H groups in total. The van der Waals surface area contributed by atoms with E-state index < -0.39 is 17.4 Å². The molecule has 0 aliphatic carbocycles. The van der Waals surface area contributed by atoms with Crippen molar-refractivity contribution in [2.75, 3.05) is 20.6 Å². The Bertz CT molecular complexity index is 402. The summed E-state index contributed by atoms with van der Waals surface area (Å²) < 4.78 is 0. The number of hydrogen-bond acceptors (Lipinski definition) is 4. The van der Waals surface area contributed by atoms with Crippen LogP contribution in [-0.4, -0.2) is 60.1 Å². The third kappa shape index (κ3) is 6.01. The van der Waals surface area contributed by atoms with Crippen LogP contribution in [0.5, 0.6) is 0 Å². The van der Waals surface area contributed by atoms with E-state index in [4.69, 9.17) is 0 Å². The highest BCUT2D eigenvalue weighted by Gasteiger charge is 2.36. The first-order chi connectivity index (χ1) is 9.91. The lowest BCUT2D eigenvalue weighted by Crippen LogP contribution is -2.55. The van der Waals surface area contributed by atoms with Gasteiger partial charge in [0.2, 0.25) is 18.2 Å². The van der Waals surface area contributed by atoms with Crippen LogP contribution in [-0.2, 0) is 14.4 Å². The lowest BCUT2D eigenvalue weighted by molar-refractivity contribution is -0.156. The van der Waals surface area contributed by atoms with E-state index in [1.807, 2.05) is 34.6 Å². The molecule has 0 saturated carbocycles. The minimum absolute atomic E-state index is 0.0929. The fourth-order valence-corrected chi connectivity index (χ4v) is 2.00. The maximum Gasteiger partial charge on any atom is 0.245 e. The first kappa shape index (κ1) is 20.4. The number of amides is 3. The maximum atomic E-state index is 12.5. The second kappa shape index (κ2) is 8.12. The van der Waals surface area contributed by atoms with Gasteiger partial charge in [-0.05, 0) is 11.3 Å². The van der Waals surface area contributed by atoms with Gasteiger partial charge >= 0.3 is 0 Å². The Labute approximate surface area is 132 Å². The van der Waals surface area contributed by atoms with Crippen LogP contribution in [0.3, 0.4) is 0 Å². The summed E-state index contributed by atoms with van der Waals surface area (Å²) in [5.74, 6) is -1.25. The summed E-state index contributed by atoms with van der Waals surface area (Å²) in [5.41, 5.74) is -0.456. The van der Waals surface area contributed by atoms with Gasteiger partial charge in [0.05, 0.1) is 12.5 Å². The van der Waals surface area contributed by atoms with Crippen molar-refractivity contribution in [2.24, 2.45) is 17.3 Å². The first-order valence-corrected chi connectivity index (χ1v) is 7.34. The summed E-state index contributed by atoms with van der Waals surface area (Å²) in [6.07, 6.45) is 0.259. The number of rotatable bonds is 7. The second-order valence-electron chi connectivity index (χ2n) is 7.12. The normalized spacial score (nSPS) is 14.2. The molecule has 128 valence electrons. The highest BCUT2D eigenvalue weighted by Crippen LogP contribution is 2.22. The molecule has 0 rings (SSSR count). The smallest absolute Gasteiger partial charge is 0.245 e. The largest absolute Gasteiger partial charge is 0.347 e. The van der Waals surface area contributed by atoms with E-state index in [0.29, 0.717) is 5.06 Å². The third-order valence-corrected chi connectivity index (χ3v) is 3.49. The molecule has 0 heterocycles. The van der Waals surface area contributed by atoms with Gasteiger partial charge in [-0.1, -0.05) is 34.6 Å². The predicted molar refractivity (Wildman–Crippen MR) is 83.0 cm³/mol. The van der Waals surface area contributed by atoms with Crippen LogP contribution in [0.15, 0.2) is 0 Å². The van der Waals surface area contributed by atoms with Crippen LogP contribution in [0.2, 0.25) is 0 Å². The van der Waals surface area contributed by atoms with E-state index >= 15 is 0 Å². The van der Waals surface area contributed by atoms with E-state index in [9.17, 15) is 19.6 Å². The van der Waals surface area contributed by atoms with Crippen LogP contribution in [0.4, 0.5) is 0 Å². The van der Waals surface area contributed by atoms with Gasteiger partial charge in [-0.3, -0.25) is 19.6 Å². The van der Waals surface area contributed by atoms with Gasteiger partial charge in [0.25, 0.3) is 0 Å². The number of nitrogens with zero attached hydrogens (tertiary/aromatic N) is 2. The minimum atomic E-state index is -0.681. The zero-order chi connectivity index (χ0) is 17.7. The topological polar surface area (TPSA) is 90.0 Å². The lowest BCUT2D eigenvalue weighted by Gasteiger charge is -2.34. The first-order valence-electron chi connectivity index (χ1n) is 7.34. The summed E-state index contributed by atoms with van der Waals surface area (Å²) >= 11 is 0. The number of carbonyl (C=O) groups is 3. The summed E-state index contributed by atoms with van der Waals surface area (Å²) in [5, 5.41) is 12.5. The molecular weight excluding hydrogens is 286 g/mol. The van der Waals surface area contributed by atoms with Crippen LogP contribution in [0, 0.1) is 17.3 Å². The van der Waals surface area contributed by atoms with E-state index in [2.05, 4.69) is 5.32 Å². The molecule has 3 amide bonds. The van der Waals surface area contributed by atoms with Crippen molar-refractivity contribution in [2.45, 2.75) is 40.7 Å². The molecule has 0 aromatic rings. The maximum absolute atomic E-state index is 12.5. The van der Waals surface area contributed by atoms with Gasteiger partial charge in [0, 0.05) is 14.1 Å². The monoisotopic (exact) mass is 315 g/mol. The molecule has 0 aliphatic rings. The average molecular weight is 315 g/mol. The van der Waals surface area contributed by atoms with Gasteiger partial charge in [-0.25, -0.2) is 5.06 Å². The predicted octanol–water partition coefficient (Wildman–Crippen LogP) is 0.725. The van der Waals surface area contributed by atoms with Gasteiger partial charge in [-0.15, -0.1) is 0 Å². The van der Waals surface area contributed by atoms with Crippen molar-refractivity contribution in [3.63, 3.8) is 0 Å². The molecule has 7 nitrogen and oxygen atoms in total. The molecule has 0 saturated heterocycles. The highest BCUT2D eigenvalue weighted by molar-refractivity contribution is 5.89. The van der Waals surface area contributed by atoms with Crippen LogP contribution in [0.1, 0.15) is 34.6 Å². The molecule has 7 heteroatoms. The van der Waals surface area contributed by atoms with Crippen molar-refractivity contribution in [3.8, 4) is 0 Å². The number of hydrogen-bond donors (Lipinski definition) is 2. The summed E-state index contributed by atoms with van der Waals surface area (Å²) in [4.78, 5) is 36.8. The average Bonchev–Trinajstić information content (AvgIpc) is 2.38. The molecule has 0 unspecified atom stereocenters. The zero-order valence-electron chi connectivity index (χ0n) is 14.6. The van der Waals surface area contributed by atoms with Crippen molar-refractivity contribution < 1.29 is 19.6 Å². The van der Waals surface area contributed by atoms with Gasteiger partial charge in [0.15, 0.2) is 0 Å². The number of carbonyl (C=O) groups excluding carboxylic acids is 3. The standard InChI is InChI=1S/C15H29N3O4/c1-10(2)11(8-18(22)9-19)13(20)16-12(15(3,4)5)14(21)17(6)7/h9-12,22H,8H2,1-7H3,(H,16,20)/t11-,12+/m0/s1. The molecule has 0 fully saturated rings. The van der Waals surface area contributed by atoms with Crippen molar-refractivity contribution in [3.05, 3.63) is 0 Å². The van der Waals surface area contributed by atoms with E-state index in [0.717, 1.165) is 0 Å². The van der Waals surface area contributed by atoms with Crippen molar-refractivity contribution in [1.82, 2.24) is 15.3 Å². The van der Waals surface area contributed by atoms with Crippen molar-refractivity contribution >= 4 is 18.2 Å². The fraction of sp³-hybridized carbons (Fsp3) is 0.800. The molecule has 0 aromatic carbocycles. The summed E-state index contributed by atoms with van der Waals surface area (Å²) in [6.45, 7) is 9.14. The highest BCUT2D eigenvalue weighted by atomic mass is 16.5. The molecule has 0 spiro atoms. The Morgan fingerprint density at radius 3 is 2.05 bits per heavy atom. The number of nitrogens with one attached hydrogen (secondary N) is 1. The van der Waals surface area contributed by atoms with Crippen molar-refractivity contribution in [1.29, 1.82) is 0 Å². The number of likely N-dealkylation sites (N-methyl/N-ethyl adjacent to an activating group) is 1. The molecule has 0 aromatic heterocycles. The second-order valence-corrected chi connectivity index (χ2v) is 7.12. The Hall–Kier alpha value is -1.63. The van der Waals surface area contributed by atoms with E-state index in [-0.39, 0.29) is 30.7 Å². The van der Waals surface area contributed by atoms with E-state index in [1.165, 1.54) is 4.90 Å².